The highest BCUT2D eigenvalue weighted by molar-refractivity contribution is 8.02. The molecule has 2 aromatic rings. The summed E-state index contributed by atoms with van der Waals surface area (Å²) in [5, 5.41) is 1.22. The van der Waals surface area contributed by atoms with Crippen molar-refractivity contribution in [3.8, 4) is 0 Å². The molecule has 2 rings (SSSR count). The summed E-state index contributed by atoms with van der Waals surface area (Å²) in [6.07, 6.45) is 0. The molecule has 1 unspecified atom stereocenters. The van der Waals surface area contributed by atoms with E-state index in [4.69, 9.17) is 4.18 Å². The van der Waals surface area contributed by atoms with Gasteiger partial charge in [0.05, 0.1) is 7.11 Å². The number of hydrogen-bond acceptors (Lipinski definition) is 3. The normalized spacial score (nSPS) is 12.3. The first kappa shape index (κ1) is 17.7. The van der Waals surface area contributed by atoms with Crippen LogP contribution >= 0.6 is 7.14 Å². The number of benzene rings is 2. The summed E-state index contributed by atoms with van der Waals surface area (Å²) in [5.74, 6) is 0. The zero-order valence-electron chi connectivity index (χ0n) is 13.4. The third-order valence-electron chi connectivity index (χ3n) is 3.19. The molecule has 0 aliphatic carbocycles. The van der Waals surface area contributed by atoms with Crippen molar-refractivity contribution in [2.24, 2.45) is 0 Å². The Morgan fingerprint density at radius 1 is 0.957 bits per heavy atom. The second kappa shape index (κ2) is 7.72. The zero-order chi connectivity index (χ0) is 16.9. The van der Waals surface area contributed by atoms with Gasteiger partial charge in [-0.1, -0.05) is 66.4 Å². The molecular formula is C18H19O3PS. The van der Waals surface area contributed by atoms with Gasteiger partial charge in [0.15, 0.2) is 11.8 Å². The van der Waals surface area contributed by atoms with E-state index in [1.165, 1.54) is 7.11 Å². The fraction of sp³-hybridized carbons (Fsp3) is 0.167. The monoisotopic (exact) mass is 346 g/mol. The minimum atomic E-state index is -3.30. The van der Waals surface area contributed by atoms with E-state index < -0.39 is 18.2 Å². The van der Waals surface area contributed by atoms with Crippen LogP contribution in [-0.2, 0) is 19.8 Å². The highest BCUT2D eigenvalue weighted by Crippen LogP contribution is 2.52. The van der Waals surface area contributed by atoms with E-state index in [0.29, 0.717) is 10.6 Å². The minimum Gasteiger partial charge on any atom is -0.307 e. The average Bonchev–Trinajstić information content (AvgIpc) is 2.59. The zero-order valence-corrected chi connectivity index (χ0v) is 15.1. The predicted molar refractivity (Wildman–Crippen MR) is 96.8 cm³/mol. The lowest BCUT2D eigenvalue weighted by Crippen LogP contribution is -2.19. The maximum atomic E-state index is 14.1. The molecule has 0 bridgehead atoms. The highest BCUT2D eigenvalue weighted by Gasteiger charge is 2.36. The van der Waals surface area contributed by atoms with Gasteiger partial charge < -0.3 is 4.57 Å². The molecule has 0 fully saturated rings. The van der Waals surface area contributed by atoms with Gasteiger partial charge in [-0.3, -0.25) is 4.18 Å². The third kappa shape index (κ3) is 3.80. The summed E-state index contributed by atoms with van der Waals surface area (Å²) in [7, 11) is -1.96. The van der Waals surface area contributed by atoms with Crippen LogP contribution in [0.2, 0.25) is 0 Å². The van der Waals surface area contributed by atoms with E-state index in [9.17, 15) is 8.77 Å². The first-order valence-corrected chi connectivity index (χ1v) is 9.90. The van der Waals surface area contributed by atoms with Crippen molar-refractivity contribution in [1.29, 1.82) is 0 Å². The molecule has 0 aliphatic heterocycles. The molecule has 0 saturated carbocycles. The molecule has 2 aromatic carbocycles. The van der Waals surface area contributed by atoms with Gasteiger partial charge in [-0.2, -0.15) is 0 Å². The van der Waals surface area contributed by atoms with Gasteiger partial charge in [0.2, 0.25) is 11.1 Å². The second-order valence-corrected chi connectivity index (χ2v) is 9.32. The van der Waals surface area contributed by atoms with Gasteiger partial charge >= 0.3 is 0 Å². The first-order valence-electron chi connectivity index (χ1n) is 7.12. The Balaban J connectivity index is 2.86. The summed E-state index contributed by atoms with van der Waals surface area (Å²) in [5.41, 5.74) is 3.80. The van der Waals surface area contributed by atoms with Crippen LogP contribution in [0.5, 0.6) is 0 Å². The van der Waals surface area contributed by atoms with Crippen LogP contribution in [0.3, 0.4) is 0 Å². The summed E-state index contributed by atoms with van der Waals surface area (Å²) in [6, 6.07) is 18.1. The van der Waals surface area contributed by atoms with Crippen molar-refractivity contribution in [3.63, 3.8) is 0 Å². The number of rotatable bonds is 5. The van der Waals surface area contributed by atoms with Gasteiger partial charge in [0.1, 0.15) is 0 Å². The van der Waals surface area contributed by atoms with Crippen LogP contribution in [0.25, 0.3) is 0 Å². The first-order chi connectivity index (χ1) is 11.0. The van der Waals surface area contributed by atoms with E-state index in [-0.39, 0.29) is 4.65 Å². The Bertz CT molecular complexity index is 759. The molecule has 0 heterocycles. The van der Waals surface area contributed by atoms with Crippen molar-refractivity contribution in [1.82, 2.24) is 0 Å². The van der Waals surface area contributed by atoms with Gasteiger partial charge in [-0.05, 0) is 19.4 Å². The standard InChI is InChI=1S/C18H19O3PS/c1-15(2)14-18(23(20)21-3)22(19,16-10-6-4-7-11-16)17-12-8-5-9-13-17/h4-13H,1-3H3. The Kier molecular flexibility index (Phi) is 5.92. The lowest BCUT2D eigenvalue weighted by molar-refractivity contribution is 0.451. The summed E-state index contributed by atoms with van der Waals surface area (Å²) >= 11 is -1.83. The fourth-order valence-electron chi connectivity index (χ4n) is 2.18. The molecule has 0 saturated heterocycles. The van der Waals surface area contributed by atoms with Crippen molar-refractivity contribution in [3.05, 3.63) is 76.6 Å². The molecule has 3 nitrogen and oxygen atoms in total. The molecule has 0 amide bonds. The van der Waals surface area contributed by atoms with Crippen molar-refractivity contribution in [2.75, 3.05) is 7.11 Å². The molecule has 23 heavy (non-hydrogen) atoms. The lowest BCUT2D eigenvalue weighted by atomic mass is 10.4. The van der Waals surface area contributed by atoms with E-state index in [0.717, 1.165) is 5.57 Å². The molecule has 0 aliphatic rings. The molecular weight excluding hydrogens is 327 g/mol. The summed E-state index contributed by atoms with van der Waals surface area (Å²) < 4.78 is 31.7. The highest BCUT2D eigenvalue weighted by atomic mass is 32.2. The van der Waals surface area contributed by atoms with Crippen molar-refractivity contribution < 1.29 is 13.0 Å². The van der Waals surface area contributed by atoms with Crippen LogP contribution in [0.15, 0.2) is 76.6 Å². The second-order valence-electron chi connectivity index (χ2n) is 5.11. The predicted octanol–water partition coefficient (Wildman–Crippen LogP) is 3.72. The number of hydrogen-bond donors (Lipinski definition) is 0. The van der Waals surface area contributed by atoms with Gasteiger partial charge in [-0.15, -0.1) is 0 Å². The molecule has 0 spiro atoms. The molecule has 0 radical (unpaired) electrons. The Labute approximate surface area is 139 Å². The number of allylic oxidation sites excluding steroid dienone is 1. The molecule has 0 N–H and O–H groups in total. The Hall–Kier alpha value is -1.70. The van der Waals surface area contributed by atoms with Gasteiger partial charge in [0, 0.05) is 10.6 Å². The van der Waals surface area contributed by atoms with E-state index in [1.807, 2.05) is 50.2 Å². The lowest BCUT2D eigenvalue weighted by Gasteiger charge is -2.20. The van der Waals surface area contributed by atoms with Gasteiger partial charge in [0.25, 0.3) is 0 Å². The Morgan fingerprint density at radius 2 is 1.39 bits per heavy atom. The topological polar surface area (TPSA) is 43.4 Å². The molecule has 120 valence electrons. The smallest absolute Gasteiger partial charge is 0.201 e. The Morgan fingerprint density at radius 3 is 1.74 bits per heavy atom. The van der Waals surface area contributed by atoms with Crippen LogP contribution in [0.4, 0.5) is 0 Å². The van der Waals surface area contributed by atoms with Crippen molar-refractivity contribution >= 4 is 28.8 Å². The van der Waals surface area contributed by atoms with Crippen LogP contribution in [0.1, 0.15) is 13.8 Å². The maximum absolute atomic E-state index is 14.1. The fourth-order valence-corrected chi connectivity index (χ4v) is 6.65. The largest absolute Gasteiger partial charge is 0.307 e. The third-order valence-corrected chi connectivity index (χ3v) is 7.87. The molecule has 0 aromatic heterocycles. The summed E-state index contributed by atoms with van der Waals surface area (Å²) in [4.78, 5) is 0. The van der Waals surface area contributed by atoms with Crippen molar-refractivity contribution in [2.45, 2.75) is 13.8 Å². The summed E-state index contributed by atoms with van der Waals surface area (Å²) in [6.45, 7) is 3.65. The van der Waals surface area contributed by atoms with E-state index in [1.54, 1.807) is 24.3 Å². The maximum Gasteiger partial charge on any atom is 0.201 e. The van der Waals surface area contributed by atoms with Crippen LogP contribution in [-0.4, -0.2) is 11.3 Å². The molecule has 1 atom stereocenters. The quantitative estimate of drug-likeness (QED) is 0.612. The molecule has 5 heteroatoms. The van der Waals surface area contributed by atoms with Crippen LogP contribution in [0, 0.1) is 0 Å². The van der Waals surface area contributed by atoms with Gasteiger partial charge in [-0.25, -0.2) is 4.21 Å². The SMILES string of the molecule is COS(=O)C(=C=C(C)C)P(=O)(c1ccccc1)c1ccccc1. The van der Waals surface area contributed by atoms with E-state index >= 15 is 0 Å². The minimum absolute atomic E-state index is 0.178. The van der Waals surface area contributed by atoms with E-state index in [2.05, 4.69) is 5.73 Å². The average molecular weight is 346 g/mol. The van der Waals surface area contributed by atoms with Crippen LogP contribution < -0.4 is 10.6 Å².